The lowest BCUT2D eigenvalue weighted by atomic mass is 10.1. The average molecular weight is 672 g/mol. The van der Waals surface area contributed by atoms with Gasteiger partial charge in [-0.2, -0.15) is 13.2 Å². The molecule has 6 N–H and O–H groups in total. The number of nitrogen functional groups attached to an aromatic ring is 1. The van der Waals surface area contributed by atoms with Crippen LogP contribution in [0.4, 0.5) is 18.9 Å². The zero-order valence-electron chi connectivity index (χ0n) is 21.8. The Kier molecular flexibility index (Phi) is 10.0. The van der Waals surface area contributed by atoms with Crippen LogP contribution >= 0.6 is 11.3 Å². The van der Waals surface area contributed by atoms with Crippen molar-refractivity contribution in [3.8, 4) is 11.5 Å². The van der Waals surface area contributed by atoms with E-state index in [-0.39, 0.29) is 42.6 Å². The fourth-order valence-corrected chi connectivity index (χ4v) is 7.15. The molecule has 232 valence electrons. The minimum absolute atomic E-state index is 0.0299. The number of sulfonamides is 1. The number of benzene rings is 3. The summed E-state index contributed by atoms with van der Waals surface area (Å²) < 4.78 is 90.8. The molecule has 0 saturated heterocycles. The summed E-state index contributed by atoms with van der Waals surface area (Å²) in [5.41, 5.74) is 5.51. The van der Waals surface area contributed by atoms with Crippen LogP contribution in [0.5, 0.6) is 11.5 Å². The van der Waals surface area contributed by atoms with Crippen LogP contribution in [0.1, 0.15) is 15.9 Å². The van der Waals surface area contributed by atoms with E-state index in [0.29, 0.717) is 5.56 Å². The number of rotatable bonds is 9. The molecule has 0 bridgehead atoms. The Morgan fingerprint density at radius 3 is 2.00 bits per heavy atom. The Labute approximate surface area is 251 Å². The summed E-state index contributed by atoms with van der Waals surface area (Å²) in [5.74, 6) is -4.01. The van der Waals surface area contributed by atoms with Gasteiger partial charge in [0.05, 0.1) is 9.79 Å². The number of nitrogens with one attached hydrogen (secondary N) is 2. The summed E-state index contributed by atoms with van der Waals surface area (Å²) in [5, 5.41) is 25.4. The highest BCUT2D eigenvalue weighted by Crippen LogP contribution is 2.32. The molecule has 12 nitrogen and oxygen atoms in total. The molecule has 18 heteroatoms. The quantitative estimate of drug-likeness (QED) is 0.121. The van der Waals surface area contributed by atoms with Gasteiger partial charge in [-0.05, 0) is 60.7 Å². The van der Waals surface area contributed by atoms with E-state index in [1.165, 1.54) is 53.9 Å². The second-order valence-electron chi connectivity index (χ2n) is 8.38. The molecular weight excluding hydrogens is 651 g/mol. The third-order valence-electron chi connectivity index (χ3n) is 5.28. The van der Waals surface area contributed by atoms with Crippen molar-refractivity contribution in [1.82, 2.24) is 0 Å². The van der Waals surface area contributed by atoms with Crippen LogP contribution in [-0.4, -0.2) is 51.0 Å². The molecule has 0 amide bonds. The molecule has 4 aromatic rings. The summed E-state index contributed by atoms with van der Waals surface area (Å²) in [6.07, 6.45) is -5.08. The molecule has 1 heterocycles. The fourth-order valence-electron chi connectivity index (χ4n) is 3.20. The highest BCUT2D eigenvalue weighted by molar-refractivity contribution is 7.95. The second kappa shape index (κ2) is 13.1. The van der Waals surface area contributed by atoms with Gasteiger partial charge in [-0.15, -0.1) is 11.3 Å². The number of carboxylic acid groups (broad SMARTS) is 2. The van der Waals surface area contributed by atoms with Gasteiger partial charge in [-0.1, -0.05) is 18.2 Å². The van der Waals surface area contributed by atoms with Crippen molar-refractivity contribution in [2.75, 3.05) is 4.72 Å². The molecule has 0 fully saturated rings. The van der Waals surface area contributed by atoms with E-state index in [1.54, 1.807) is 18.2 Å². The maximum absolute atomic E-state index is 12.9. The smallest absolute Gasteiger partial charge is 0.478 e. The number of carboxylic acids is 2. The van der Waals surface area contributed by atoms with Gasteiger partial charge in [0.2, 0.25) is 9.84 Å². The zero-order valence-corrected chi connectivity index (χ0v) is 24.2. The molecule has 0 aliphatic carbocycles. The highest BCUT2D eigenvalue weighted by atomic mass is 32.2. The molecule has 3 aromatic carbocycles. The summed E-state index contributed by atoms with van der Waals surface area (Å²) in [4.78, 5) is 20.6. The Morgan fingerprint density at radius 1 is 0.886 bits per heavy atom. The third kappa shape index (κ3) is 8.33. The van der Waals surface area contributed by atoms with E-state index >= 15 is 0 Å². The fraction of sp³-hybridized carbons (Fsp3) is 0.0385. The number of amidine groups is 1. The van der Waals surface area contributed by atoms with Crippen LogP contribution in [0, 0.1) is 5.41 Å². The molecule has 0 saturated carbocycles. The molecule has 0 atom stereocenters. The molecule has 0 radical (unpaired) electrons. The lowest BCUT2D eigenvalue weighted by molar-refractivity contribution is -0.192. The Hall–Kier alpha value is -4.94. The number of hydrogen-bond acceptors (Lipinski definition) is 9. The van der Waals surface area contributed by atoms with Gasteiger partial charge in [0.1, 0.15) is 27.1 Å². The molecule has 0 aliphatic heterocycles. The molecular formula is C26H20F3N3O9S3. The number of sulfone groups is 1. The van der Waals surface area contributed by atoms with Gasteiger partial charge in [0.25, 0.3) is 10.0 Å². The van der Waals surface area contributed by atoms with E-state index < -0.39 is 38.0 Å². The largest absolute Gasteiger partial charge is 0.490 e. The summed E-state index contributed by atoms with van der Waals surface area (Å²) in [6.45, 7) is 0. The average Bonchev–Trinajstić information content (AvgIpc) is 3.47. The zero-order chi connectivity index (χ0) is 32.9. The van der Waals surface area contributed by atoms with Crippen molar-refractivity contribution in [3.05, 3.63) is 95.4 Å². The monoisotopic (exact) mass is 671 g/mol. The maximum atomic E-state index is 12.9. The standard InChI is InChI=1S/C24H19N3O7S3.C2HF3O2/c25-23(26)15-6-9-17(10-7-15)34-21-11-8-16(12-20(21)24(28)29)27-37(32,33)22-13-19(14-35-22)36(30,31)18-4-2-1-3-5-18;3-2(4,5)1(6)7/h1-14,27H,(H3,25,26)(H,28,29);(H,6,7). The summed E-state index contributed by atoms with van der Waals surface area (Å²) >= 11 is 0.721. The van der Waals surface area contributed by atoms with Crippen LogP contribution in [-0.2, 0) is 24.7 Å². The highest BCUT2D eigenvalue weighted by Gasteiger charge is 2.38. The van der Waals surface area contributed by atoms with Crippen LogP contribution in [0.2, 0.25) is 0 Å². The first-order valence-corrected chi connectivity index (χ1v) is 15.5. The number of thiophene rings is 1. The van der Waals surface area contributed by atoms with Crippen molar-refractivity contribution >= 4 is 54.7 Å². The number of halogens is 3. The topological polar surface area (TPSA) is 214 Å². The summed E-state index contributed by atoms with van der Waals surface area (Å²) in [7, 11) is -8.13. The van der Waals surface area contributed by atoms with E-state index in [0.717, 1.165) is 23.5 Å². The molecule has 0 spiro atoms. The van der Waals surface area contributed by atoms with Crippen molar-refractivity contribution in [2.24, 2.45) is 5.73 Å². The van der Waals surface area contributed by atoms with Gasteiger partial charge >= 0.3 is 18.1 Å². The number of ether oxygens (including phenoxy) is 1. The second-order valence-corrected chi connectivity index (χ2v) is 13.2. The SMILES string of the molecule is N=C(N)c1ccc(Oc2ccc(NS(=O)(=O)c3cc(S(=O)(=O)c4ccccc4)cs3)cc2C(=O)O)cc1.O=C(O)C(F)(F)F. The molecule has 1 aromatic heterocycles. The number of aliphatic carboxylic acids is 1. The Bertz CT molecular complexity index is 1910. The first kappa shape index (κ1) is 33.6. The minimum atomic E-state index is -5.08. The van der Waals surface area contributed by atoms with Crippen LogP contribution < -0.4 is 15.2 Å². The van der Waals surface area contributed by atoms with Crippen molar-refractivity contribution in [2.45, 2.75) is 20.2 Å². The number of hydrogen-bond donors (Lipinski definition) is 5. The third-order valence-corrected chi connectivity index (χ3v) is 10.00. The molecule has 44 heavy (non-hydrogen) atoms. The van der Waals surface area contributed by atoms with Crippen LogP contribution in [0.3, 0.4) is 0 Å². The van der Waals surface area contributed by atoms with Crippen LogP contribution in [0.25, 0.3) is 0 Å². The summed E-state index contributed by atoms with van der Waals surface area (Å²) in [6, 6.07) is 18.5. The maximum Gasteiger partial charge on any atom is 0.490 e. The van der Waals surface area contributed by atoms with Crippen molar-refractivity contribution in [3.63, 3.8) is 0 Å². The van der Waals surface area contributed by atoms with Crippen molar-refractivity contribution in [1.29, 1.82) is 5.41 Å². The Balaban J connectivity index is 0.000000676. The number of aromatic carboxylic acids is 1. The molecule has 4 rings (SSSR count). The van der Waals surface area contributed by atoms with Gasteiger partial charge in [-0.25, -0.2) is 26.4 Å². The Morgan fingerprint density at radius 2 is 1.48 bits per heavy atom. The first-order valence-electron chi connectivity index (χ1n) is 11.6. The lowest BCUT2D eigenvalue weighted by Gasteiger charge is -2.12. The van der Waals surface area contributed by atoms with Gasteiger partial charge in [-0.3, -0.25) is 10.1 Å². The van der Waals surface area contributed by atoms with E-state index in [1.807, 2.05) is 0 Å². The molecule has 0 unspecified atom stereocenters. The van der Waals surface area contributed by atoms with Gasteiger partial charge < -0.3 is 20.7 Å². The number of alkyl halides is 3. The van der Waals surface area contributed by atoms with E-state index in [2.05, 4.69) is 4.72 Å². The number of nitrogens with two attached hydrogens (primary N) is 1. The van der Waals surface area contributed by atoms with E-state index in [9.17, 15) is 39.9 Å². The normalized spacial score (nSPS) is 11.5. The van der Waals surface area contributed by atoms with E-state index in [4.69, 9.17) is 25.8 Å². The predicted octanol–water partition coefficient (Wildman–Crippen LogP) is 4.79. The lowest BCUT2D eigenvalue weighted by Crippen LogP contribution is -2.21. The first-order chi connectivity index (χ1) is 20.4. The van der Waals surface area contributed by atoms with Gasteiger partial charge in [0, 0.05) is 16.6 Å². The minimum Gasteiger partial charge on any atom is -0.478 e. The predicted molar refractivity (Wildman–Crippen MR) is 152 cm³/mol. The number of anilines is 1. The number of carbonyl (C=O) groups is 2. The molecule has 0 aliphatic rings. The van der Waals surface area contributed by atoms with Crippen molar-refractivity contribution < 1.29 is 54.5 Å². The van der Waals surface area contributed by atoms with Gasteiger partial charge in [0.15, 0.2) is 0 Å². The van der Waals surface area contributed by atoms with Crippen LogP contribution in [0.15, 0.2) is 98.2 Å².